The second-order valence-electron chi connectivity index (χ2n) is 1.94. The molecule has 0 bridgehead atoms. The number of aliphatic carboxylic acids is 1. The molecular weight excluding hydrogens is 211 g/mol. The van der Waals surface area contributed by atoms with Crippen LogP contribution in [0.1, 0.15) is 6.42 Å². The van der Waals surface area contributed by atoms with E-state index in [0.29, 0.717) is 11.7 Å². The molecule has 0 unspecified atom stereocenters. The molecule has 0 aliphatic rings. The van der Waals surface area contributed by atoms with Gasteiger partial charge < -0.3 is 0 Å². The number of nitrogens with zero attached hydrogens (tertiary/aromatic N) is 1. The molecule has 5 heteroatoms. The average molecular weight is 221 g/mol. The van der Waals surface area contributed by atoms with Gasteiger partial charge >= 0.3 is 71.0 Å². The van der Waals surface area contributed by atoms with Crippen LogP contribution < -0.4 is 5.73 Å². The van der Waals surface area contributed by atoms with Crippen LogP contribution in [0.25, 0.3) is 0 Å². The number of carbonyl (C=O) groups is 1. The summed E-state index contributed by atoms with van der Waals surface area (Å²) in [4.78, 5) is 10.2. The van der Waals surface area contributed by atoms with Crippen molar-refractivity contribution in [3.63, 3.8) is 0 Å². The van der Waals surface area contributed by atoms with E-state index in [1.54, 1.807) is 0 Å². The van der Waals surface area contributed by atoms with Crippen molar-refractivity contribution in [1.29, 1.82) is 5.26 Å². The van der Waals surface area contributed by atoms with E-state index in [0.717, 1.165) is 5.32 Å². The molecule has 0 fully saturated rings. The number of nitriles is 1. The van der Waals surface area contributed by atoms with E-state index in [1.807, 2.05) is 6.07 Å². The van der Waals surface area contributed by atoms with Gasteiger partial charge in [-0.3, -0.25) is 0 Å². The van der Waals surface area contributed by atoms with E-state index in [1.165, 1.54) is 0 Å². The summed E-state index contributed by atoms with van der Waals surface area (Å²) in [5.74, 6) is -0.960. The summed E-state index contributed by atoms with van der Waals surface area (Å²) in [6.45, 7) is 0. The predicted octanol–water partition coefficient (Wildman–Crippen LogP) is -0.147. The Morgan fingerprint density at radius 2 is 2.45 bits per heavy atom. The molecule has 0 saturated carbocycles. The van der Waals surface area contributed by atoms with E-state index >= 15 is 0 Å². The van der Waals surface area contributed by atoms with Crippen molar-refractivity contribution in [2.45, 2.75) is 23.1 Å². The SMILES string of the molecule is N#CC[Se]CC[C@H](N)C(=O)O. The first-order valence-corrected chi connectivity index (χ1v) is 5.54. The Morgan fingerprint density at radius 3 is 2.91 bits per heavy atom. The zero-order chi connectivity index (χ0) is 8.69. The van der Waals surface area contributed by atoms with Crippen LogP contribution in [0.15, 0.2) is 0 Å². The van der Waals surface area contributed by atoms with Crippen LogP contribution in [0.2, 0.25) is 10.6 Å². The van der Waals surface area contributed by atoms with Crippen LogP contribution in [-0.2, 0) is 4.79 Å². The Morgan fingerprint density at radius 1 is 1.82 bits per heavy atom. The van der Waals surface area contributed by atoms with Gasteiger partial charge in [0.05, 0.1) is 0 Å². The topological polar surface area (TPSA) is 87.1 Å². The molecule has 0 rings (SSSR count). The van der Waals surface area contributed by atoms with E-state index in [4.69, 9.17) is 16.1 Å². The molecule has 0 aromatic carbocycles. The van der Waals surface area contributed by atoms with E-state index in [9.17, 15) is 4.79 Å². The summed E-state index contributed by atoms with van der Waals surface area (Å²) in [6, 6.07) is 1.26. The van der Waals surface area contributed by atoms with Crippen LogP contribution >= 0.6 is 0 Å². The van der Waals surface area contributed by atoms with E-state index in [-0.39, 0.29) is 15.0 Å². The Balaban J connectivity index is 3.26. The number of rotatable bonds is 5. The summed E-state index contributed by atoms with van der Waals surface area (Å²) in [5, 5.41) is 17.8. The van der Waals surface area contributed by atoms with Gasteiger partial charge in [0.2, 0.25) is 0 Å². The van der Waals surface area contributed by atoms with Crippen molar-refractivity contribution < 1.29 is 9.90 Å². The molecule has 4 nitrogen and oxygen atoms in total. The normalized spacial score (nSPS) is 12.0. The second-order valence-corrected chi connectivity index (χ2v) is 4.26. The molecular formula is C6H10N2O2Se. The standard InChI is InChI=1S/C6H10N2O2Se/c7-2-4-11-3-1-5(8)6(9)10/h5H,1,3-4,8H2,(H,9,10)/t5-/m0/s1. The van der Waals surface area contributed by atoms with Gasteiger partial charge in [-0.15, -0.1) is 0 Å². The Kier molecular flexibility index (Phi) is 5.85. The molecule has 11 heavy (non-hydrogen) atoms. The Bertz CT molecular complexity index is 166. The summed E-state index contributed by atoms with van der Waals surface area (Å²) >= 11 is 0.238. The molecule has 0 radical (unpaired) electrons. The van der Waals surface area contributed by atoms with Gasteiger partial charge in [0.1, 0.15) is 0 Å². The third-order valence-corrected chi connectivity index (χ3v) is 2.86. The fraction of sp³-hybridized carbons (Fsp3) is 0.667. The van der Waals surface area contributed by atoms with Gasteiger partial charge in [0.15, 0.2) is 0 Å². The van der Waals surface area contributed by atoms with Crippen molar-refractivity contribution in [1.82, 2.24) is 0 Å². The van der Waals surface area contributed by atoms with E-state index < -0.39 is 12.0 Å². The summed E-state index contributed by atoms with van der Waals surface area (Å²) in [6.07, 6.45) is 0.483. The maximum atomic E-state index is 10.2. The van der Waals surface area contributed by atoms with Gasteiger partial charge in [-0.1, -0.05) is 0 Å². The van der Waals surface area contributed by atoms with Crippen LogP contribution in [0.5, 0.6) is 0 Å². The van der Waals surface area contributed by atoms with Gasteiger partial charge in [-0.2, -0.15) is 0 Å². The number of hydrogen-bond acceptors (Lipinski definition) is 3. The Hall–Kier alpha value is -0.561. The summed E-state index contributed by atoms with van der Waals surface area (Å²) in [7, 11) is 0. The van der Waals surface area contributed by atoms with Crippen LogP contribution in [0.3, 0.4) is 0 Å². The third kappa shape index (κ3) is 5.86. The zero-order valence-electron chi connectivity index (χ0n) is 5.99. The quantitative estimate of drug-likeness (QED) is 0.499. The molecule has 62 valence electrons. The third-order valence-electron chi connectivity index (χ3n) is 1.06. The van der Waals surface area contributed by atoms with Crippen LogP contribution in [0.4, 0.5) is 0 Å². The molecule has 0 aliphatic carbocycles. The number of carboxylic acid groups (broad SMARTS) is 1. The summed E-state index contributed by atoms with van der Waals surface area (Å²) < 4.78 is 0. The number of nitrogens with two attached hydrogens (primary N) is 1. The van der Waals surface area contributed by atoms with Gasteiger partial charge in [-0.05, 0) is 0 Å². The second kappa shape index (κ2) is 6.17. The molecule has 0 aromatic heterocycles. The fourth-order valence-corrected chi connectivity index (χ4v) is 1.83. The maximum absolute atomic E-state index is 10.2. The zero-order valence-corrected chi connectivity index (χ0v) is 7.70. The van der Waals surface area contributed by atoms with Crippen molar-refractivity contribution in [2.75, 3.05) is 0 Å². The number of hydrogen-bond donors (Lipinski definition) is 2. The van der Waals surface area contributed by atoms with Gasteiger partial charge in [0.25, 0.3) is 0 Å². The molecule has 0 heterocycles. The van der Waals surface area contributed by atoms with Crippen LogP contribution in [-0.4, -0.2) is 32.1 Å². The monoisotopic (exact) mass is 222 g/mol. The van der Waals surface area contributed by atoms with Crippen molar-refractivity contribution in [2.24, 2.45) is 5.73 Å². The van der Waals surface area contributed by atoms with Crippen molar-refractivity contribution in [3.8, 4) is 6.07 Å². The molecule has 0 saturated heterocycles. The molecule has 0 amide bonds. The van der Waals surface area contributed by atoms with Crippen molar-refractivity contribution in [3.05, 3.63) is 0 Å². The fourth-order valence-electron chi connectivity index (χ4n) is 0.452. The Labute approximate surface area is 71.5 Å². The van der Waals surface area contributed by atoms with Gasteiger partial charge in [0, 0.05) is 0 Å². The minimum atomic E-state index is -0.960. The average Bonchev–Trinajstić information content (AvgIpc) is 1.97. The summed E-state index contributed by atoms with van der Waals surface area (Å²) in [5.41, 5.74) is 5.23. The number of carboxylic acids is 1. The van der Waals surface area contributed by atoms with Crippen LogP contribution in [0, 0.1) is 11.3 Å². The first-order valence-electron chi connectivity index (χ1n) is 3.11. The molecule has 0 aliphatic heterocycles. The molecule has 1 atom stereocenters. The van der Waals surface area contributed by atoms with Gasteiger partial charge in [-0.25, -0.2) is 0 Å². The molecule has 0 aromatic rings. The minimum absolute atomic E-state index is 0.238. The molecule has 0 spiro atoms. The van der Waals surface area contributed by atoms with E-state index in [2.05, 4.69) is 0 Å². The van der Waals surface area contributed by atoms with Crippen molar-refractivity contribution >= 4 is 20.9 Å². The first kappa shape index (κ1) is 10.4. The molecule has 3 N–H and O–H groups in total. The predicted molar refractivity (Wildman–Crippen MR) is 41.2 cm³/mol. The first-order chi connectivity index (χ1) is 5.18.